The van der Waals surface area contributed by atoms with E-state index in [4.69, 9.17) is 14.2 Å². The molecule has 1 aliphatic heterocycles. The molecule has 1 heterocycles. The maximum Gasteiger partial charge on any atom is 0.162 e. The first kappa shape index (κ1) is 13.7. The highest BCUT2D eigenvalue weighted by Gasteiger charge is 2.41. The van der Waals surface area contributed by atoms with Crippen molar-refractivity contribution in [1.82, 2.24) is 0 Å². The highest BCUT2D eigenvalue weighted by molar-refractivity contribution is 14.1. The van der Waals surface area contributed by atoms with E-state index in [-0.39, 0.29) is 18.5 Å². The van der Waals surface area contributed by atoms with Gasteiger partial charge < -0.3 is 14.2 Å². The Morgan fingerprint density at radius 3 is 2.27 bits per heavy atom. The van der Waals surface area contributed by atoms with E-state index < -0.39 is 0 Å². The average molecular weight is 328 g/mol. The Morgan fingerprint density at radius 2 is 1.80 bits per heavy atom. The molecule has 0 unspecified atom stereocenters. The summed E-state index contributed by atoms with van der Waals surface area (Å²) >= 11 is 2.38. The standard InChI is InChI=1S/C11H21IO3/c1-7-9(5-6-12)15-11(14-4)8(2)10(7)13-3/h7-11H,5-6H2,1-4H3/t7-,8-,9+,10-,11-/m1/s1. The summed E-state index contributed by atoms with van der Waals surface area (Å²) in [5, 5.41) is 0. The molecular formula is C11H21IO3. The lowest BCUT2D eigenvalue weighted by Crippen LogP contribution is -2.50. The van der Waals surface area contributed by atoms with E-state index in [1.807, 2.05) is 0 Å². The third-order valence-electron chi connectivity index (χ3n) is 3.26. The highest BCUT2D eigenvalue weighted by Crippen LogP contribution is 2.33. The molecule has 0 amide bonds. The van der Waals surface area contributed by atoms with Crippen LogP contribution in [0.1, 0.15) is 20.3 Å². The summed E-state index contributed by atoms with van der Waals surface area (Å²) in [6.07, 6.45) is 1.43. The first-order valence-corrected chi connectivity index (χ1v) is 6.95. The monoisotopic (exact) mass is 328 g/mol. The minimum Gasteiger partial charge on any atom is -0.381 e. The first-order valence-electron chi connectivity index (χ1n) is 5.42. The predicted molar refractivity (Wildman–Crippen MR) is 68.3 cm³/mol. The molecule has 0 aliphatic carbocycles. The molecule has 0 radical (unpaired) electrons. The van der Waals surface area contributed by atoms with E-state index in [1.165, 1.54) is 0 Å². The van der Waals surface area contributed by atoms with E-state index in [0.717, 1.165) is 10.8 Å². The van der Waals surface area contributed by atoms with Crippen molar-refractivity contribution >= 4 is 22.6 Å². The minimum absolute atomic E-state index is 0.126. The van der Waals surface area contributed by atoms with Crippen molar-refractivity contribution in [2.24, 2.45) is 11.8 Å². The molecule has 1 rings (SSSR count). The van der Waals surface area contributed by atoms with Crippen LogP contribution in [0.2, 0.25) is 0 Å². The van der Waals surface area contributed by atoms with Gasteiger partial charge in [0.25, 0.3) is 0 Å². The molecule has 5 atom stereocenters. The van der Waals surface area contributed by atoms with Gasteiger partial charge in [-0.15, -0.1) is 0 Å². The van der Waals surface area contributed by atoms with Crippen molar-refractivity contribution in [2.75, 3.05) is 18.6 Å². The van der Waals surface area contributed by atoms with Crippen molar-refractivity contribution in [3.8, 4) is 0 Å². The van der Waals surface area contributed by atoms with Gasteiger partial charge in [0.15, 0.2) is 6.29 Å². The Kier molecular flexibility index (Phi) is 5.81. The normalized spacial score (nSPS) is 41.8. The number of alkyl halides is 1. The predicted octanol–water partition coefficient (Wildman–Crippen LogP) is 2.47. The van der Waals surface area contributed by atoms with E-state index in [2.05, 4.69) is 36.4 Å². The summed E-state index contributed by atoms with van der Waals surface area (Å²) in [6, 6.07) is 0. The fourth-order valence-corrected chi connectivity index (χ4v) is 3.02. The second-order valence-electron chi connectivity index (χ2n) is 4.17. The Labute approximate surface area is 106 Å². The molecule has 3 nitrogen and oxygen atoms in total. The molecule has 1 fully saturated rings. The van der Waals surface area contributed by atoms with Crippen LogP contribution in [0.5, 0.6) is 0 Å². The van der Waals surface area contributed by atoms with Gasteiger partial charge in [-0.3, -0.25) is 0 Å². The van der Waals surface area contributed by atoms with Gasteiger partial charge in [0.1, 0.15) is 0 Å². The average Bonchev–Trinajstić information content (AvgIpc) is 2.23. The molecule has 0 N–H and O–H groups in total. The number of rotatable bonds is 4. The molecule has 4 heteroatoms. The van der Waals surface area contributed by atoms with Gasteiger partial charge in [0.2, 0.25) is 0 Å². The number of halogens is 1. The Bertz CT molecular complexity index is 189. The van der Waals surface area contributed by atoms with E-state index in [1.54, 1.807) is 14.2 Å². The number of hydrogen-bond donors (Lipinski definition) is 0. The third-order valence-corrected chi connectivity index (χ3v) is 3.88. The van der Waals surface area contributed by atoms with Crippen LogP contribution in [-0.2, 0) is 14.2 Å². The lowest BCUT2D eigenvalue weighted by atomic mass is 9.85. The highest BCUT2D eigenvalue weighted by atomic mass is 127. The largest absolute Gasteiger partial charge is 0.381 e. The zero-order chi connectivity index (χ0) is 11.4. The summed E-state index contributed by atoms with van der Waals surface area (Å²) in [5.74, 6) is 0.728. The molecular weight excluding hydrogens is 307 g/mol. The van der Waals surface area contributed by atoms with Crippen LogP contribution in [0.25, 0.3) is 0 Å². The molecule has 0 spiro atoms. The summed E-state index contributed by atoms with van der Waals surface area (Å²) in [7, 11) is 3.47. The fourth-order valence-electron chi connectivity index (χ4n) is 2.40. The smallest absolute Gasteiger partial charge is 0.162 e. The summed E-state index contributed by atoms with van der Waals surface area (Å²) in [5.41, 5.74) is 0. The molecule has 0 saturated carbocycles. The topological polar surface area (TPSA) is 27.7 Å². The third kappa shape index (κ3) is 3.05. The number of methoxy groups -OCH3 is 2. The van der Waals surface area contributed by atoms with Crippen LogP contribution in [0, 0.1) is 11.8 Å². The molecule has 0 aromatic carbocycles. The van der Waals surface area contributed by atoms with Crippen LogP contribution in [0.3, 0.4) is 0 Å². The number of hydrogen-bond acceptors (Lipinski definition) is 3. The van der Waals surface area contributed by atoms with Crippen LogP contribution >= 0.6 is 22.6 Å². The van der Waals surface area contributed by atoms with Crippen molar-refractivity contribution in [3.63, 3.8) is 0 Å². The molecule has 1 aliphatic rings. The minimum atomic E-state index is -0.126. The van der Waals surface area contributed by atoms with Crippen molar-refractivity contribution in [2.45, 2.75) is 38.8 Å². The Balaban J connectivity index is 2.70. The van der Waals surface area contributed by atoms with Gasteiger partial charge in [-0.05, 0) is 6.42 Å². The summed E-state index contributed by atoms with van der Waals surface area (Å²) in [4.78, 5) is 0. The Hall–Kier alpha value is 0.610. The molecule has 15 heavy (non-hydrogen) atoms. The van der Waals surface area contributed by atoms with Crippen LogP contribution in [-0.4, -0.2) is 37.1 Å². The van der Waals surface area contributed by atoms with Gasteiger partial charge in [-0.25, -0.2) is 0 Å². The lowest BCUT2D eigenvalue weighted by Gasteiger charge is -2.43. The zero-order valence-corrected chi connectivity index (χ0v) is 12.1. The van der Waals surface area contributed by atoms with Crippen molar-refractivity contribution in [1.29, 1.82) is 0 Å². The Morgan fingerprint density at radius 1 is 1.13 bits per heavy atom. The molecule has 0 aromatic heterocycles. The molecule has 0 bridgehead atoms. The number of ether oxygens (including phenoxy) is 3. The van der Waals surface area contributed by atoms with Gasteiger partial charge in [0.05, 0.1) is 12.2 Å². The van der Waals surface area contributed by atoms with Gasteiger partial charge in [0, 0.05) is 30.5 Å². The second-order valence-corrected chi connectivity index (χ2v) is 5.25. The van der Waals surface area contributed by atoms with E-state index in [9.17, 15) is 0 Å². The molecule has 90 valence electrons. The van der Waals surface area contributed by atoms with Crippen LogP contribution < -0.4 is 0 Å². The molecule has 0 aromatic rings. The van der Waals surface area contributed by atoms with E-state index in [0.29, 0.717) is 11.8 Å². The van der Waals surface area contributed by atoms with Gasteiger partial charge in [-0.1, -0.05) is 36.4 Å². The van der Waals surface area contributed by atoms with Crippen molar-refractivity contribution < 1.29 is 14.2 Å². The van der Waals surface area contributed by atoms with Gasteiger partial charge in [-0.2, -0.15) is 0 Å². The lowest BCUT2D eigenvalue weighted by molar-refractivity contribution is -0.256. The maximum absolute atomic E-state index is 5.93. The van der Waals surface area contributed by atoms with Crippen molar-refractivity contribution in [3.05, 3.63) is 0 Å². The van der Waals surface area contributed by atoms with Crippen LogP contribution in [0.4, 0.5) is 0 Å². The first-order chi connectivity index (χ1) is 7.15. The summed E-state index contributed by atoms with van der Waals surface area (Å²) < 4.78 is 17.9. The summed E-state index contributed by atoms with van der Waals surface area (Å²) in [6.45, 7) is 4.33. The SMILES string of the molecule is CO[C@@H]1O[C@@H](CCI)[C@@H](C)[C@@H](OC)[C@H]1C. The van der Waals surface area contributed by atoms with E-state index >= 15 is 0 Å². The molecule has 1 saturated heterocycles. The fraction of sp³-hybridized carbons (Fsp3) is 1.00. The second kappa shape index (κ2) is 6.37. The zero-order valence-electron chi connectivity index (χ0n) is 9.90. The van der Waals surface area contributed by atoms with Crippen LogP contribution in [0.15, 0.2) is 0 Å². The maximum atomic E-state index is 5.93. The van der Waals surface area contributed by atoms with Gasteiger partial charge >= 0.3 is 0 Å². The quantitative estimate of drug-likeness (QED) is 0.586.